The quantitative estimate of drug-likeness (QED) is 0.268. The van der Waals surface area contributed by atoms with Gasteiger partial charge in [0.15, 0.2) is 0 Å². The summed E-state index contributed by atoms with van der Waals surface area (Å²) in [4.78, 5) is 37.8. The molecule has 0 saturated heterocycles. The Hall–Kier alpha value is -3.73. The number of hydrogen-bond donors (Lipinski definition) is 2. The predicted molar refractivity (Wildman–Crippen MR) is 132 cm³/mol. The van der Waals surface area contributed by atoms with Crippen molar-refractivity contribution < 1.29 is 41.8 Å². The van der Waals surface area contributed by atoms with E-state index in [9.17, 15) is 37.1 Å². The molecule has 2 N–H and O–H groups in total. The summed E-state index contributed by atoms with van der Waals surface area (Å²) in [6.07, 6.45) is -3.48. The zero-order valence-electron chi connectivity index (χ0n) is 20.0. The fourth-order valence-electron chi connectivity index (χ4n) is 4.93. The zero-order chi connectivity index (χ0) is 27.6. The van der Waals surface area contributed by atoms with Crippen LogP contribution in [0.15, 0.2) is 53.9 Å². The number of amides is 1. The number of hydrogen-bond acceptors (Lipinski definition) is 5. The molecule has 4 rings (SSSR count). The minimum absolute atomic E-state index is 0.233. The number of anilines is 1. The molecule has 1 aromatic heterocycles. The van der Waals surface area contributed by atoms with Crippen LogP contribution in [-0.2, 0) is 20.5 Å². The third-order valence-electron chi connectivity index (χ3n) is 6.76. The number of rotatable bonds is 6. The van der Waals surface area contributed by atoms with Gasteiger partial charge in [-0.3, -0.25) is 9.59 Å². The summed E-state index contributed by atoms with van der Waals surface area (Å²) in [5, 5.41) is 14.1. The number of halogens is 4. The van der Waals surface area contributed by atoms with E-state index in [1.165, 1.54) is 18.4 Å². The highest BCUT2D eigenvalue weighted by atomic mass is 32.1. The van der Waals surface area contributed by atoms with Crippen LogP contribution >= 0.6 is 11.3 Å². The van der Waals surface area contributed by atoms with Crippen LogP contribution in [0.4, 0.5) is 23.2 Å². The normalized spacial score (nSPS) is 19.6. The lowest BCUT2D eigenvalue weighted by atomic mass is 9.69. The molecule has 1 aliphatic rings. The van der Waals surface area contributed by atoms with Gasteiger partial charge in [0.25, 0.3) is 0 Å². The lowest BCUT2D eigenvalue weighted by Gasteiger charge is -2.35. The Kier molecular flexibility index (Phi) is 7.86. The fraction of sp³-hybridized carbons (Fsp3) is 0.296. The second kappa shape index (κ2) is 10.9. The van der Waals surface area contributed by atoms with E-state index in [1.807, 2.05) is 0 Å². The number of thiophene rings is 1. The van der Waals surface area contributed by atoms with E-state index in [1.54, 1.807) is 35.7 Å². The third-order valence-corrected chi connectivity index (χ3v) is 7.65. The number of nitrogens with one attached hydrogen (secondary N) is 1. The number of esters is 1. The average molecular weight is 550 g/mol. The molecule has 200 valence electrons. The Morgan fingerprint density at radius 1 is 1.05 bits per heavy atom. The first-order valence-corrected chi connectivity index (χ1v) is 12.6. The zero-order valence-corrected chi connectivity index (χ0v) is 20.9. The lowest BCUT2D eigenvalue weighted by Crippen LogP contribution is -2.40. The maximum atomic E-state index is 14.3. The van der Waals surface area contributed by atoms with Crippen LogP contribution in [0, 0.1) is 17.7 Å². The summed E-state index contributed by atoms with van der Waals surface area (Å²) >= 11 is 1.24. The Labute approximate surface area is 219 Å². The van der Waals surface area contributed by atoms with Crippen molar-refractivity contribution in [3.05, 3.63) is 75.7 Å². The maximum absolute atomic E-state index is 14.3. The maximum Gasteiger partial charge on any atom is 0.416 e. The van der Waals surface area contributed by atoms with Crippen molar-refractivity contribution in [3.63, 3.8) is 0 Å². The van der Waals surface area contributed by atoms with Gasteiger partial charge in [-0.2, -0.15) is 13.2 Å². The van der Waals surface area contributed by atoms with E-state index in [2.05, 4.69) is 5.32 Å². The van der Waals surface area contributed by atoms with Gasteiger partial charge in [-0.05, 0) is 59.5 Å². The van der Waals surface area contributed by atoms with Crippen LogP contribution in [0.1, 0.15) is 46.0 Å². The van der Waals surface area contributed by atoms with Crippen molar-refractivity contribution in [2.24, 2.45) is 11.8 Å². The number of carbonyl (C=O) groups is 3. The van der Waals surface area contributed by atoms with Crippen LogP contribution in [0.3, 0.4) is 0 Å². The molecule has 3 aromatic rings. The van der Waals surface area contributed by atoms with Gasteiger partial charge in [-0.1, -0.05) is 30.7 Å². The molecule has 0 spiro atoms. The topological polar surface area (TPSA) is 92.7 Å². The van der Waals surface area contributed by atoms with Gasteiger partial charge >= 0.3 is 18.1 Å². The molecule has 0 bridgehead atoms. The van der Waals surface area contributed by atoms with Gasteiger partial charge in [0, 0.05) is 5.56 Å². The number of carboxylic acids is 1. The number of methoxy groups -OCH3 is 1. The van der Waals surface area contributed by atoms with Gasteiger partial charge in [0.2, 0.25) is 5.91 Å². The first-order chi connectivity index (χ1) is 18.0. The smallest absolute Gasteiger partial charge is 0.416 e. The Balaban J connectivity index is 1.56. The first kappa shape index (κ1) is 27.3. The molecule has 1 fully saturated rings. The van der Waals surface area contributed by atoms with Crippen molar-refractivity contribution in [1.82, 2.24) is 0 Å². The van der Waals surface area contributed by atoms with E-state index < -0.39 is 58.8 Å². The van der Waals surface area contributed by atoms with E-state index in [-0.39, 0.29) is 12.5 Å². The van der Waals surface area contributed by atoms with Crippen LogP contribution in [0.25, 0.3) is 11.1 Å². The summed E-state index contributed by atoms with van der Waals surface area (Å²) in [6, 6.07) is 10.6. The largest absolute Gasteiger partial charge is 0.481 e. The van der Waals surface area contributed by atoms with Crippen molar-refractivity contribution in [3.8, 4) is 11.1 Å². The van der Waals surface area contributed by atoms with Crippen molar-refractivity contribution >= 4 is 34.9 Å². The number of benzene rings is 2. The van der Waals surface area contributed by atoms with Crippen LogP contribution in [-0.4, -0.2) is 30.1 Å². The predicted octanol–water partition coefficient (Wildman–Crippen LogP) is 6.58. The van der Waals surface area contributed by atoms with Gasteiger partial charge in [0.1, 0.15) is 10.7 Å². The molecule has 3 atom stereocenters. The van der Waals surface area contributed by atoms with Crippen molar-refractivity contribution in [2.45, 2.75) is 31.4 Å². The molecular formula is C27H23F4NO5S. The van der Waals surface area contributed by atoms with E-state index in [0.29, 0.717) is 34.9 Å². The van der Waals surface area contributed by atoms with Crippen LogP contribution < -0.4 is 5.32 Å². The van der Waals surface area contributed by atoms with Gasteiger partial charge in [0.05, 0.1) is 30.2 Å². The second-order valence-corrected chi connectivity index (χ2v) is 9.88. The monoisotopic (exact) mass is 549 g/mol. The lowest BCUT2D eigenvalue weighted by molar-refractivity contribution is -0.148. The molecule has 11 heteroatoms. The molecule has 0 aliphatic heterocycles. The number of carbonyl (C=O) groups excluding carboxylic acids is 2. The fourth-order valence-corrected chi connectivity index (χ4v) is 5.76. The first-order valence-electron chi connectivity index (χ1n) is 11.7. The molecule has 1 heterocycles. The minimum atomic E-state index is -4.74. The number of carboxylic acid groups (broad SMARTS) is 1. The van der Waals surface area contributed by atoms with E-state index in [0.717, 1.165) is 11.6 Å². The molecule has 38 heavy (non-hydrogen) atoms. The number of aliphatic carboxylic acids is 1. The molecule has 0 radical (unpaired) electrons. The summed E-state index contributed by atoms with van der Waals surface area (Å²) in [6.45, 7) is 0. The van der Waals surface area contributed by atoms with E-state index >= 15 is 0 Å². The molecule has 1 amide bonds. The third kappa shape index (κ3) is 5.57. The molecule has 2 aromatic carbocycles. The molecule has 0 unspecified atom stereocenters. The van der Waals surface area contributed by atoms with Crippen LogP contribution in [0.2, 0.25) is 0 Å². The van der Waals surface area contributed by atoms with Crippen molar-refractivity contribution in [2.75, 3.05) is 12.4 Å². The Bertz CT molecular complexity index is 1350. The molecule has 6 nitrogen and oxygen atoms in total. The highest BCUT2D eigenvalue weighted by Crippen LogP contribution is 2.43. The average Bonchev–Trinajstić information content (AvgIpc) is 3.38. The highest BCUT2D eigenvalue weighted by molar-refractivity contribution is 7.12. The van der Waals surface area contributed by atoms with Crippen LogP contribution in [0.5, 0.6) is 0 Å². The standard InChI is InChI=1S/C27H23F4NO5S/c1-37-26(36)23-18(11-12-38-23)15-7-5-14(6-8-15)17-3-2-4-19(22(17)25(34)35)24(33)32-21-10-9-16(13-20(21)28)27(29,30)31/h5-13,17,19,22H,2-4H2,1H3,(H,32,33)(H,34,35)/t17-,19-,22-/m1/s1. The summed E-state index contributed by atoms with van der Waals surface area (Å²) in [5.74, 6) is -6.35. The minimum Gasteiger partial charge on any atom is -0.481 e. The molecular weight excluding hydrogens is 526 g/mol. The SMILES string of the molecule is COC(=O)c1sccc1-c1ccc([C@H]2CCC[C@@H](C(=O)Nc3ccc(C(F)(F)F)cc3F)[C@@H]2C(=O)O)cc1. The highest BCUT2D eigenvalue weighted by Gasteiger charge is 2.43. The van der Waals surface area contributed by atoms with Gasteiger partial charge in [-0.25, -0.2) is 9.18 Å². The summed E-state index contributed by atoms with van der Waals surface area (Å²) in [7, 11) is 1.29. The number of alkyl halides is 3. The molecule has 1 saturated carbocycles. The number of ether oxygens (including phenoxy) is 1. The summed E-state index contributed by atoms with van der Waals surface area (Å²) in [5.41, 5.74) is 0.469. The summed E-state index contributed by atoms with van der Waals surface area (Å²) < 4.78 is 57.6. The van der Waals surface area contributed by atoms with E-state index in [4.69, 9.17) is 4.74 Å². The second-order valence-electron chi connectivity index (χ2n) is 8.97. The van der Waals surface area contributed by atoms with Gasteiger partial charge < -0.3 is 15.2 Å². The Morgan fingerprint density at radius 3 is 2.37 bits per heavy atom. The Morgan fingerprint density at radius 2 is 1.76 bits per heavy atom. The van der Waals surface area contributed by atoms with Crippen molar-refractivity contribution in [1.29, 1.82) is 0 Å². The van der Waals surface area contributed by atoms with Gasteiger partial charge in [-0.15, -0.1) is 11.3 Å². The molecule has 1 aliphatic carbocycles.